The first-order valence-corrected chi connectivity index (χ1v) is 9.17. The molecule has 0 saturated heterocycles. The van der Waals surface area contributed by atoms with Crippen molar-refractivity contribution in [2.24, 2.45) is 0 Å². The molecule has 0 aliphatic heterocycles. The van der Waals surface area contributed by atoms with E-state index < -0.39 is 16.2 Å². The zero-order valence-corrected chi connectivity index (χ0v) is 15.0. The van der Waals surface area contributed by atoms with Crippen molar-refractivity contribution in [3.8, 4) is 0 Å². The van der Waals surface area contributed by atoms with Crippen molar-refractivity contribution in [3.63, 3.8) is 0 Å². The third-order valence-corrected chi connectivity index (χ3v) is 4.87. The molecule has 0 aliphatic rings. The van der Waals surface area contributed by atoms with Gasteiger partial charge in [0, 0.05) is 18.0 Å². The number of aromatic nitrogens is 1. The number of hydrogen-bond acceptors (Lipinski definition) is 6. The number of amides is 1. The second-order valence-electron chi connectivity index (χ2n) is 4.72. The summed E-state index contributed by atoms with van der Waals surface area (Å²) in [5, 5.41) is 13.5. The Labute approximate surface area is 154 Å². The topological polar surface area (TPSA) is 126 Å². The monoisotopic (exact) mass is 404 g/mol. The Morgan fingerprint density at radius 1 is 1.44 bits per heavy atom. The molecule has 25 heavy (non-hydrogen) atoms. The maximum absolute atomic E-state index is 11.8. The van der Waals surface area contributed by atoms with Crippen molar-refractivity contribution in [1.82, 2.24) is 4.98 Å². The molecule has 1 unspecified atom stereocenters. The summed E-state index contributed by atoms with van der Waals surface area (Å²) in [6.07, 6.45) is 1.43. The number of carbonyl (C=O) groups excluding carboxylic acids is 1. The van der Waals surface area contributed by atoms with Crippen LogP contribution in [0.3, 0.4) is 0 Å². The largest absolute Gasteiger partial charge is 0.345 e. The summed E-state index contributed by atoms with van der Waals surface area (Å²) in [4.78, 5) is 25.5. The average molecular weight is 405 g/mol. The van der Waals surface area contributed by atoms with Crippen molar-refractivity contribution in [2.75, 3.05) is 16.2 Å². The van der Waals surface area contributed by atoms with Crippen molar-refractivity contribution in [1.29, 1.82) is 0 Å². The molecular weight excluding hydrogens is 392 g/mol. The lowest BCUT2D eigenvalue weighted by Crippen LogP contribution is -2.27. The first kappa shape index (κ1) is 19.2. The fourth-order valence-electron chi connectivity index (χ4n) is 1.88. The molecule has 0 saturated carbocycles. The number of benzene rings is 1. The predicted octanol–water partition coefficient (Wildman–Crippen LogP) is 3.07. The Morgan fingerprint density at radius 3 is 2.68 bits per heavy atom. The normalized spacial score (nSPS) is 11.8. The summed E-state index contributed by atoms with van der Waals surface area (Å²) in [7, 11) is 0. The van der Waals surface area contributed by atoms with Gasteiger partial charge in [-0.1, -0.05) is 11.6 Å². The summed E-state index contributed by atoms with van der Waals surface area (Å²) in [5.74, 6) is -0.385. The highest BCUT2D eigenvalue weighted by molar-refractivity contribution is 7.80. The SMILES string of the molecule is O=C(CCCN(c1ccc(Cl)cc1)S(=O)O)Nc1ncc([N+](=O)[O-])s1. The van der Waals surface area contributed by atoms with Crippen LogP contribution >= 0.6 is 22.9 Å². The van der Waals surface area contributed by atoms with Crippen molar-refractivity contribution >= 4 is 55.9 Å². The molecular formula is C13H13ClN4O5S2. The molecule has 1 amide bonds. The highest BCUT2D eigenvalue weighted by Crippen LogP contribution is 2.25. The molecule has 2 aromatic rings. The minimum Gasteiger partial charge on any atom is -0.302 e. The third kappa shape index (κ3) is 5.74. The molecule has 0 aliphatic carbocycles. The number of anilines is 2. The van der Waals surface area contributed by atoms with Gasteiger partial charge in [0.2, 0.25) is 5.91 Å². The second kappa shape index (κ2) is 8.85. The molecule has 0 fully saturated rings. The number of rotatable bonds is 8. The van der Waals surface area contributed by atoms with Crippen LogP contribution in [0.2, 0.25) is 5.02 Å². The van der Waals surface area contributed by atoms with E-state index in [1.807, 2.05) is 0 Å². The molecule has 1 aromatic carbocycles. The highest BCUT2D eigenvalue weighted by Gasteiger charge is 2.15. The first-order chi connectivity index (χ1) is 11.9. The Morgan fingerprint density at radius 2 is 2.12 bits per heavy atom. The summed E-state index contributed by atoms with van der Waals surface area (Å²) < 4.78 is 22.1. The van der Waals surface area contributed by atoms with E-state index in [4.69, 9.17) is 11.6 Å². The fraction of sp³-hybridized carbons (Fsp3) is 0.231. The lowest BCUT2D eigenvalue weighted by Gasteiger charge is -2.19. The second-order valence-corrected chi connectivity index (χ2v) is 7.07. The van der Waals surface area contributed by atoms with Gasteiger partial charge in [0.05, 0.1) is 10.6 Å². The molecule has 1 aromatic heterocycles. The number of halogens is 1. The minimum atomic E-state index is -2.24. The summed E-state index contributed by atoms with van der Waals surface area (Å²) >= 11 is 4.30. The molecule has 0 bridgehead atoms. The standard InChI is InChI=1S/C13H13ClN4O5S2/c14-9-3-5-10(6-4-9)17(25(22)23)7-1-2-11(19)16-13-15-8-12(24-13)18(20)21/h3-6,8H,1-2,7H2,(H,22,23)(H,15,16,19). The molecule has 12 heteroatoms. The summed E-state index contributed by atoms with van der Waals surface area (Å²) in [5.41, 5.74) is 0.501. The minimum absolute atomic E-state index is 0.0642. The summed E-state index contributed by atoms with van der Waals surface area (Å²) in [6.45, 7) is 0.163. The first-order valence-electron chi connectivity index (χ1n) is 6.91. The van der Waals surface area contributed by atoms with Crippen LogP contribution in [0.4, 0.5) is 15.8 Å². The van der Waals surface area contributed by atoms with Crippen LogP contribution in [0, 0.1) is 10.1 Å². The van der Waals surface area contributed by atoms with Gasteiger partial charge >= 0.3 is 5.00 Å². The van der Waals surface area contributed by atoms with Gasteiger partial charge in [-0.25, -0.2) is 9.19 Å². The Kier molecular flexibility index (Phi) is 6.82. The van der Waals surface area contributed by atoms with Gasteiger partial charge in [0.1, 0.15) is 6.20 Å². The predicted molar refractivity (Wildman–Crippen MR) is 96.2 cm³/mol. The number of carbonyl (C=O) groups is 1. The van der Waals surface area contributed by atoms with Gasteiger partial charge in [-0.3, -0.25) is 23.8 Å². The van der Waals surface area contributed by atoms with Crippen molar-refractivity contribution in [2.45, 2.75) is 12.8 Å². The highest BCUT2D eigenvalue weighted by atomic mass is 35.5. The Balaban J connectivity index is 1.86. The van der Waals surface area contributed by atoms with Crippen LogP contribution in [0.1, 0.15) is 12.8 Å². The smallest absolute Gasteiger partial charge is 0.302 e. The number of nitrogens with zero attached hydrogens (tertiary/aromatic N) is 3. The van der Waals surface area contributed by atoms with Crippen LogP contribution in [0.15, 0.2) is 30.5 Å². The fourth-order valence-corrected chi connectivity index (χ4v) is 3.24. The molecule has 2 rings (SSSR count). The van der Waals surface area contributed by atoms with Gasteiger partial charge in [-0.15, -0.1) is 0 Å². The van der Waals surface area contributed by atoms with Crippen LogP contribution in [0.5, 0.6) is 0 Å². The van der Waals surface area contributed by atoms with E-state index in [1.165, 1.54) is 4.31 Å². The maximum Gasteiger partial charge on any atom is 0.345 e. The zero-order valence-electron chi connectivity index (χ0n) is 12.6. The van der Waals surface area contributed by atoms with E-state index >= 15 is 0 Å². The zero-order chi connectivity index (χ0) is 18.4. The number of nitrogens with one attached hydrogen (secondary N) is 1. The Bertz CT molecular complexity index is 783. The van der Waals surface area contributed by atoms with Gasteiger partial charge in [0.15, 0.2) is 5.13 Å². The summed E-state index contributed by atoms with van der Waals surface area (Å²) in [6, 6.07) is 6.40. The van der Waals surface area contributed by atoms with E-state index in [9.17, 15) is 23.7 Å². The molecule has 9 nitrogen and oxygen atoms in total. The quantitative estimate of drug-likeness (QED) is 0.395. The molecule has 0 spiro atoms. The van der Waals surface area contributed by atoms with E-state index in [0.29, 0.717) is 17.1 Å². The molecule has 1 heterocycles. The lowest BCUT2D eigenvalue weighted by molar-refractivity contribution is -0.380. The molecule has 134 valence electrons. The average Bonchev–Trinajstić information content (AvgIpc) is 3.01. The van der Waals surface area contributed by atoms with Gasteiger partial charge in [-0.2, -0.15) is 0 Å². The Hall–Kier alpha value is -2.08. The van der Waals surface area contributed by atoms with Gasteiger partial charge in [-0.05, 0) is 42.0 Å². The van der Waals surface area contributed by atoms with E-state index in [-0.39, 0.29) is 29.0 Å². The number of hydrogen-bond donors (Lipinski definition) is 2. The molecule has 1 atom stereocenters. The third-order valence-electron chi connectivity index (χ3n) is 2.99. The van der Waals surface area contributed by atoms with E-state index in [0.717, 1.165) is 17.5 Å². The number of nitro groups is 1. The van der Waals surface area contributed by atoms with Gasteiger partial charge < -0.3 is 5.32 Å². The van der Waals surface area contributed by atoms with Crippen molar-refractivity contribution in [3.05, 3.63) is 45.6 Å². The van der Waals surface area contributed by atoms with E-state index in [1.54, 1.807) is 24.3 Å². The lowest BCUT2D eigenvalue weighted by atomic mass is 10.2. The molecule has 2 N–H and O–H groups in total. The number of thiazole rings is 1. The van der Waals surface area contributed by atoms with Crippen molar-refractivity contribution < 1.29 is 18.5 Å². The van der Waals surface area contributed by atoms with Crippen LogP contribution in [0.25, 0.3) is 0 Å². The van der Waals surface area contributed by atoms with Gasteiger partial charge in [0.25, 0.3) is 11.3 Å². The van der Waals surface area contributed by atoms with Crippen LogP contribution in [-0.4, -0.2) is 31.1 Å². The van der Waals surface area contributed by atoms with Crippen LogP contribution in [-0.2, 0) is 16.1 Å². The van der Waals surface area contributed by atoms with E-state index in [2.05, 4.69) is 10.3 Å². The molecule has 0 radical (unpaired) electrons. The van der Waals surface area contributed by atoms with Crippen LogP contribution < -0.4 is 9.62 Å². The maximum atomic E-state index is 11.8.